The first-order valence-corrected chi connectivity index (χ1v) is 6.88. The zero-order valence-corrected chi connectivity index (χ0v) is 12.9. The molecule has 2 heterocycles. The molecule has 0 aliphatic carbocycles. The first kappa shape index (κ1) is 14.7. The van der Waals surface area contributed by atoms with E-state index in [2.05, 4.69) is 46.4 Å². The smallest absolute Gasteiger partial charge is 0.137 e. The van der Waals surface area contributed by atoms with Crippen LogP contribution in [-0.2, 0) is 12.0 Å². The van der Waals surface area contributed by atoms with Crippen LogP contribution in [0.4, 0.5) is 5.82 Å². The zero-order chi connectivity index (χ0) is 14.8. The Morgan fingerprint density at radius 3 is 2.65 bits per heavy atom. The summed E-state index contributed by atoms with van der Waals surface area (Å²) < 4.78 is 1.76. The van der Waals surface area contributed by atoms with Gasteiger partial charge < -0.3 is 5.32 Å². The average molecular weight is 295 g/mol. The van der Waals surface area contributed by atoms with E-state index in [1.165, 1.54) is 0 Å². The summed E-state index contributed by atoms with van der Waals surface area (Å²) in [7, 11) is 0. The van der Waals surface area contributed by atoms with Gasteiger partial charge in [0.2, 0.25) is 0 Å². The van der Waals surface area contributed by atoms with Gasteiger partial charge in [-0.25, -0.2) is 9.97 Å². The monoisotopic (exact) mass is 294 g/mol. The molecule has 2 rings (SSSR count). The van der Waals surface area contributed by atoms with Crippen LogP contribution in [0.2, 0.25) is 5.15 Å². The molecule has 0 aromatic carbocycles. The van der Waals surface area contributed by atoms with Gasteiger partial charge in [0.15, 0.2) is 0 Å². The van der Waals surface area contributed by atoms with Crippen molar-refractivity contribution in [2.75, 3.05) is 11.9 Å². The van der Waals surface area contributed by atoms with E-state index in [1.54, 1.807) is 10.9 Å². The normalized spacial score (nSPS) is 11.7. The van der Waals surface area contributed by atoms with E-state index in [9.17, 15) is 0 Å². The van der Waals surface area contributed by atoms with E-state index in [-0.39, 0.29) is 5.41 Å². The molecule has 108 valence electrons. The van der Waals surface area contributed by atoms with Gasteiger partial charge in [-0.1, -0.05) is 37.6 Å². The van der Waals surface area contributed by atoms with E-state index in [1.807, 2.05) is 13.1 Å². The number of hydrogen-bond acceptors (Lipinski definition) is 5. The molecule has 6 nitrogen and oxygen atoms in total. The number of rotatable bonds is 4. The Morgan fingerprint density at radius 2 is 2.05 bits per heavy atom. The maximum Gasteiger partial charge on any atom is 0.137 e. The minimum Gasteiger partial charge on any atom is -0.368 e. The zero-order valence-electron chi connectivity index (χ0n) is 12.2. The molecule has 0 aliphatic rings. The highest BCUT2D eigenvalue weighted by molar-refractivity contribution is 6.30. The molecule has 0 saturated carbocycles. The third-order valence-corrected chi connectivity index (χ3v) is 3.23. The summed E-state index contributed by atoms with van der Waals surface area (Å²) >= 11 is 6.18. The first-order chi connectivity index (χ1) is 9.38. The highest BCUT2D eigenvalue weighted by Gasteiger charge is 2.20. The van der Waals surface area contributed by atoms with Crippen LogP contribution in [0, 0.1) is 6.92 Å². The van der Waals surface area contributed by atoms with E-state index in [0.29, 0.717) is 18.2 Å². The molecule has 0 fully saturated rings. The highest BCUT2D eigenvalue weighted by Crippen LogP contribution is 2.25. The summed E-state index contributed by atoms with van der Waals surface area (Å²) in [6, 6.07) is 0. The minimum absolute atomic E-state index is 0.139. The van der Waals surface area contributed by atoms with Crippen LogP contribution in [0.1, 0.15) is 32.2 Å². The molecule has 0 saturated heterocycles. The molecule has 7 heteroatoms. The van der Waals surface area contributed by atoms with Crippen molar-refractivity contribution in [2.45, 2.75) is 39.7 Å². The van der Waals surface area contributed by atoms with Gasteiger partial charge in [0.25, 0.3) is 0 Å². The van der Waals surface area contributed by atoms with Gasteiger partial charge in [0.05, 0.1) is 12.7 Å². The van der Waals surface area contributed by atoms with Crippen molar-refractivity contribution in [3.05, 3.63) is 28.9 Å². The van der Waals surface area contributed by atoms with Gasteiger partial charge in [-0.15, -0.1) is 5.10 Å². The Bertz CT molecular complexity index is 573. The molecule has 2 aromatic heterocycles. The van der Waals surface area contributed by atoms with Crippen LogP contribution in [0.3, 0.4) is 0 Å². The molecule has 0 bridgehead atoms. The van der Waals surface area contributed by atoms with E-state index in [4.69, 9.17) is 11.6 Å². The number of hydrogen-bond donors (Lipinski definition) is 1. The predicted molar refractivity (Wildman–Crippen MR) is 79.0 cm³/mol. The lowest BCUT2D eigenvalue weighted by atomic mass is 9.95. The number of halogens is 1. The Balaban J connectivity index is 2.12. The van der Waals surface area contributed by atoms with Gasteiger partial charge in [-0.05, 0) is 6.92 Å². The fourth-order valence-corrected chi connectivity index (χ4v) is 1.81. The van der Waals surface area contributed by atoms with Crippen molar-refractivity contribution in [2.24, 2.45) is 0 Å². The van der Waals surface area contributed by atoms with Crippen LogP contribution < -0.4 is 5.32 Å². The lowest BCUT2D eigenvalue weighted by Crippen LogP contribution is -2.19. The third-order valence-electron chi connectivity index (χ3n) is 2.86. The topological polar surface area (TPSA) is 68.5 Å². The molecular formula is C13H19ClN6. The van der Waals surface area contributed by atoms with Crippen molar-refractivity contribution < 1.29 is 0 Å². The Kier molecular flexibility index (Phi) is 4.23. The van der Waals surface area contributed by atoms with Gasteiger partial charge >= 0.3 is 0 Å². The maximum atomic E-state index is 6.18. The number of nitrogens with zero attached hydrogens (tertiary/aromatic N) is 5. The third kappa shape index (κ3) is 3.45. The van der Waals surface area contributed by atoms with Crippen molar-refractivity contribution in [1.29, 1.82) is 0 Å². The molecule has 0 aliphatic heterocycles. The molecule has 2 aromatic rings. The maximum absolute atomic E-state index is 6.18. The standard InChI is InChI=1S/C13H19ClN6/c1-9-10(14)17-12(13(2,3)4)18-11(9)15-5-7-20-8-6-16-19-20/h6,8H,5,7H2,1-4H3,(H,15,17,18). The van der Waals surface area contributed by atoms with E-state index < -0.39 is 0 Å². The van der Waals surface area contributed by atoms with Crippen LogP contribution in [-0.4, -0.2) is 31.5 Å². The number of aromatic nitrogens is 5. The van der Waals surface area contributed by atoms with Gasteiger partial charge in [0, 0.05) is 23.7 Å². The molecular weight excluding hydrogens is 276 g/mol. The van der Waals surface area contributed by atoms with Gasteiger partial charge in [-0.3, -0.25) is 4.68 Å². The van der Waals surface area contributed by atoms with Crippen LogP contribution >= 0.6 is 11.6 Å². The summed E-state index contributed by atoms with van der Waals surface area (Å²) in [5.41, 5.74) is 0.720. The van der Waals surface area contributed by atoms with Crippen molar-refractivity contribution in [3.63, 3.8) is 0 Å². The van der Waals surface area contributed by atoms with Crippen molar-refractivity contribution in [3.8, 4) is 0 Å². The lowest BCUT2D eigenvalue weighted by Gasteiger charge is -2.19. The molecule has 0 radical (unpaired) electrons. The second kappa shape index (κ2) is 5.75. The Hall–Kier alpha value is -1.69. The highest BCUT2D eigenvalue weighted by atomic mass is 35.5. The van der Waals surface area contributed by atoms with Crippen LogP contribution in [0.25, 0.3) is 0 Å². The molecule has 20 heavy (non-hydrogen) atoms. The Morgan fingerprint density at radius 1 is 1.30 bits per heavy atom. The lowest BCUT2D eigenvalue weighted by molar-refractivity contribution is 0.544. The molecule has 0 amide bonds. The van der Waals surface area contributed by atoms with E-state index in [0.717, 1.165) is 17.2 Å². The molecule has 1 N–H and O–H groups in total. The summed E-state index contributed by atoms with van der Waals surface area (Å²) in [5.74, 6) is 1.51. The summed E-state index contributed by atoms with van der Waals surface area (Å²) in [4.78, 5) is 8.92. The molecule has 0 unspecified atom stereocenters. The minimum atomic E-state index is -0.139. The molecule has 0 atom stereocenters. The summed E-state index contributed by atoms with van der Waals surface area (Å²) in [6.07, 6.45) is 3.48. The quantitative estimate of drug-likeness (QED) is 0.877. The van der Waals surface area contributed by atoms with Crippen LogP contribution in [0.5, 0.6) is 0 Å². The second-order valence-corrected chi connectivity index (χ2v) is 6.01. The van der Waals surface area contributed by atoms with Crippen LogP contribution in [0.15, 0.2) is 12.4 Å². The summed E-state index contributed by atoms with van der Waals surface area (Å²) in [6.45, 7) is 9.51. The first-order valence-electron chi connectivity index (χ1n) is 6.50. The number of anilines is 1. The van der Waals surface area contributed by atoms with Crippen molar-refractivity contribution >= 4 is 17.4 Å². The van der Waals surface area contributed by atoms with Crippen molar-refractivity contribution in [1.82, 2.24) is 25.0 Å². The van der Waals surface area contributed by atoms with Gasteiger partial charge in [0.1, 0.15) is 16.8 Å². The predicted octanol–water partition coefficient (Wildman–Crippen LogP) is 2.44. The average Bonchev–Trinajstić information content (AvgIpc) is 2.86. The van der Waals surface area contributed by atoms with Gasteiger partial charge in [-0.2, -0.15) is 0 Å². The van der Waals surface area contributed by atoms with E-state index >= 15 is 0 Å². The second-order valence-electron chi connectivity index (χ2n) is 5.65. The molecule has 0 spiro atoms. The SMILES string of the molecule is Cc1c(Cl)nc(C(C)(C)C)nc1NCCn1ccnn1. The Labute approximate surface area is 123 Å². The fraction of sp³-hybridized carbons (Fsp3) is 0.538. The fourth-order valence-electron chi connectivity index (χ4n) is 1.64. The summed E-state index contributed by atoms with van der Waals surface area (Å²) in [5, 5.41) is 11.5. The number of nitrogens with one attached hydrogen (secondary N) is 1. The largest absolute Gasteiger partial charge is 0.368 e.